The lowest BCUT2D eigenvalue weighted by atomic mass is 10.1. The molecule has 1 rings (SSSR count). The molecule has 2 N–H and O–H groups in total. The number of halogens is 1. The summed E-state index contributed by atoms with van der Waals surface area (Å²) in [7, 11) is 0. The molecule has 0 heterocycles. The van der Waals surface area contributed by atoms with E-state index in [-0.39, 0.29) is 6.42 Å². The van der Waals surface area contributed by atoms with Gasteiger partial charge in [0.25, 0.3) is 0 Å². The van der Waals surface area contributed by atoms with E-state index in [1.165, 1.54) is 0 Å². The Morgan fingerprint density at radius 3 is 2.80 bits per heavy atom. The van der Waals surface area contributed by atoms with Crippen LogP contribution in [0.5, 0.6) is 0 Å². The molecule has 0 saturated heterocycles. The fourth-order valence-corrected chi connectivity index (χ4v) is 1.14. The lowest BCUT2D eigenvalue weighted by molar-refractivity contribution is -0.117. The van der Waals surface area contributed by atoms with Gasteiger partial charge in [-0.2, -0.15) is 5.26 Å². The molecule has 0 aliphatic rings. The zero-order valence-corrected chi connectivity index (χ0v) is 8.51. The van der Waals surface area contributed by atoms with Crippen molar-refractivity contribution in [3.05, 3.63) is 34.3 Å². The normalized spacial score (nSPS) is 8.53. The first-order valence-corrected chi connectivity index (χ1v) is 4.48. The molecule has 0 unspecified atom stereocenters. The maximum Gasteiger partial charge on any atom is 0.229 e. The van der Waals surface area contributed by atoms with Gasteiger partial charge in [0.15, 0.2) is 0 Å². The third-order valence-electron chi connectivity index (χ3n) is 1.58. The van der Waals surface area contributed by atoms with Crippen LogP contribution in [-0.4, -0.2) is 5.91 Å². The average Bonchev–Trinajstić information content (AvgIpc) is 2.17. The van der Waals surface area contributed by atoms with Crippen LogP contribution in [0.1, 0.15) is 17.5 Å². The van der Waals surface area contributed by atoms with Gasteiger partial charge in [-0.1, -0.05) is 23.4 Å². The second-order valence-electron chi connectivity index (χ2n) is 2.75. The van der Waals surface area contributed by atoms with Crippen molar-refractivity contribution >= 4 is 17.5 Å². The molecule has 74 valence electrons. The van der Waals surface area contributed by atoms with Crippen molar-refractivity contribution in [1.82, 2.24) is 0 Å². The molecule has 1 aromatic rings. The Morgan fingerprint density at radius 1 is 1.53 bits per heavy atom. The number of nitrogens with two attached hydrogens (primary N) is 1. The summed E-state index contributed by atoms with van der Waals surface area (Å²) >= 11 is 5.79. The molecule has 15 heavy (non-hydrogen) atoms. The number of benzene rings is 1. The molecule has 0 aliphatic heterocycles. The van der Waals surface area contributed by atoms with Crippen LogP contribution in [0.2, 0.25) is 5.02 Å². The molecular weight excluding hydrogens is 212 g/mol. The van der Waals surface area contributed by atoms with E-state index in [9.17, 15) is 4.79 Å². The van der Waals surface area contributed by atoms with E-state index in [0.29, 0.717) is 16.1 Å². The average molecular weight is 219 g/mol. The molecule has 0 radical (unpaired) electrons. The molecule has 3 nitrogen and oxygen atoms in total. The summed E-state index contributed by atoms with van der Waals surface area (Å²) in [6, 6.07) is 6.77. The molecule has 4 heteroatoms. The highest BCUT2D eigenvalue weighted by Gasteiger charge is 1.98. The number of hydrogen-bond acceptors (Lipinski definition) is 2. The number of carbonyl (C=O) groups is 1. The van der Waals surface area contributed by atoms with Gasteiger partial charge in [-0.25, -0.2) is 0 Å². The number of rotatable bonds is 1. The van der Waals surface area contributed by atoms with Crippen LogP contribution in [0, 0.1) is 23.2 Å². The third-order valence-corrected chi connectivity index (χ3v) is 1.90. The first-order chi connectivity index (χ1) is 7.13. The summed E-state index contributed by atoms with van der Waals surface area (Å²) in [5.41, 5.74) is 5.97. The third kappa shape index (κ3) is 3.34. The van der Waals surface area contributed by atoms with Crippen molar-refractivity contribution < 1.29 is 4.79 Å². The monoisotopic (exact) mass is 218 g/mol. The predicted molar refractivity (Wildman–Crippen MR) is 56.9 cm³/mol. The second-order valence-corrected chi connectivity index (χ2v) is 3.16. The molecule has 0 saturated carbocycles. The van der Waals surface area contributed by atoms with Gasteiger partial charge in [-0.15, -0.1) is 0 Å². The highest BCUT2D eigenvalue weighted by molar-refractivity contribution is 6.31. The van der Waals surface area contributed by atoms with Gasteiger partial charge in [0.1, 0.15) is 6.07 Å². The van der Waals surface area contributed by atoms with Crippen LogP contribution in [0.3, 0.4) is 0 Å². The molecule has 0 bridgehead atoms. The number of primary amides is 1. The van der Waals surface area contributed by atoms with Crippen LogP contribution >= 0.6 is 11.6 Å². The largest absolute Gasteiger partial charge is 0.369 e. The smallest absolute Gasteiger partial charge is 0.229 e. The lowest BCUT2D eigenvalue weighted by Gasteiger charge is -1.94. The summed E-state index contributed by atoms with van der Waals surface area (Å²) in [6.45, 7) is 0. The number of nitriles is 1. The van der Waals surface area contributed by atoms with Crippen molar-refractivity contribution in [2.45, 2.75) is 6.42 Å². The number of hydrogen-bond donors (Lipinski definition) is 1. The van der Waals surface area contributed by atoms with E-state index < -0.39 is 5.91 Å². The molecule has 1 aromatic carbocycles. The maximum absolute atomic E-state index is 10.4. The molecule has 0 aliphatic carbocycles. The van der Waals surface area contributed by atoms with Gasteiger partial charge >= 0.3 is 0 Å². The summed E-state index contributed by atoms with van der Waals surface area (Å²) in [4.78, 5) is 10.4. The topological polar surface area (TPSA) is 66.9 Å². The molecular formula is C11H7ClN2O. The van der Waals surface area contributed by atoms with E-state index in [0.717, 1.165) is 0 Å². The van der Waals surface area contributed by atoms with Crippen LogP contribution in [0.4, 0.5) is 0 Å². The van der Waals surface area contributed by atoms with Crippen molar-refractivity contribution in [2.24, 2.45) is 5.73 Å². The number of carbonyl (C=O) groups excluding carboxylic acids is 1. The molecule has 0 fully saturated rings. The zero-order valence-electron chi connectivity index (χ0n) is 7.75. The Hall–Kier alpha value is -1.97. The van der Waals surface area contributed by atoms with Gasteiger partial charge in [0.05, 0.1) is 17.0 Å². The standard InChI is InChI=1S/C11H7ClN2O/c12-10-6-8(2-1-3-11(14)15)4-5-9(10)7-13/h4-6H,3H2,(H2,14,15). The molecule has 1 amide bonds. The van der Waals surface area contributed by atoms with E-state index in [1.54, 1.807) is 18.2 Å². The van der Waals surface area contributed by atoms with Gasteiger partial charge in [0, 0.05) is 5.56 Å². The van der Waals surface area contributed by atoms with Crippen molar-refractivity contribution in [2.75, 3.05) is 0 Å². The maximum atomic E-state index is 10.4. The van der Waals surface area contributed by atoms with Gasteiger partial charge in [0.2, 0.25) is 5.91 Å². The fourth-order valence-electron chi connectivity index (χ4n) is 0.917. The molecule has 0 atom stereocenters. The van der Waals surface area contributed by atoms with Crippen molar-refractivity contribution in [3.8, 4) is 17.9 Å². The van der Waals surface area contributed by atoms with E-state index in [4.69, 9.17) is 22.6 Å². The van der Waals surface area contributed by atoms with Crippen molar-refractivity contribution in [3.63, 3.8) is 0 Å². The van der Waals surface area contributed by atoms with E-state index in [2.05, 4.69) is 11.8 Å². The minimum absolute atomic E-state index is 0.0115. The predicted octanol–water partition coefficient (Wildman–Crippen LogP) is 1.44. The Bertz CT molecular complexity index is 492. The first-order valence-electron chi connectivity index (χ1n) is 4.10. The summed E-state index contributed by atoms with van der Waals surface area (Å²) in [5.74, 6) is 4.85. The molecule has 0 spiro atoms. The molecule has 0 aromatic heterocycles. The minimum atomic E-state index is -0.470. The first kappa shape index (κ1) is 11.1. The fraction of sp³-hybridized carbons (Fsp3) is 0.0909. The Balaban J connectivity index is 2.88. The summed E-state index contributed by atoms with van der Waals surface area (Å²) in [5, 5.41) is 8.98. The summed E-state index contributed by atoms with van der Waals surface area (Å²) < 4.78 is 0. The number of amides is 1. The Morgan fingerprint density at radius 2 is 2.27 bits per heavy atom. The Kier molecular flexibility index (Phi) is 3.74. The second kappa shape index (κ2) is 5.05. The highest BCUT2D eigenvalue weighted by atomic mass is 35.5. The van der Waals surface area contributed by atoms with Gasteiger partial charge < -0.3 is 5.73 Å². The highest BCUT2D eigenvalue weighted by Crippen LogP contribution is 2.16. The van der Waals surface area contributed by atoms with Crippen molar-refractivity contribution in [1.29, 1.82) is 5.26 Å². The Labute approximate surface area is 92.5 Å². The summed E-state index contributed by atoms with van der Waals surface area (Å²) in [6.07, 6.45) is 0.0115. The lowest BCUT2D eigenvalue weighted by Crippen LogP contribution is -2.08. The van der Waals surface area contributed by atoms with Gasteiger partial charge in [-0.3, -0.25) is 4.79 Å². The van der Waals surface area contributed by atoms with Gasteiger partial charge in [-0.05, 0) is 18.2 Å². The van der Waals surface area contributed by atoms with E-state index >= 15 is 0 Å². The van der Waals surface area contributed by atoms with Crippen LogP contribution in [0.25, 0.3) is 0 Å². The quantitative estimate of drug-likeness (QED) is 0.725. The minimum Gasteiger partial charge on any atom is -0.369 e. The SMILES string of the molecule is N#Cc1ccc(C#CCC(N)=O)cc1Cl. The van der Waals surface area contributed by atoms with Crippen LogP contribution in [0.15, 0.2) is 18.2 Å². The zero-order chi connectivity index (χ0) is 11.3. The van der Waals surface area contributed by atoms with Crippen LogP contribution in [-0.2, 0) is 4.79 Å². The number of nitrogens with zero attached hydrogens (tertiary/aromatic N) is 1. The van der Waals surface area contributed by atoms with E-state index in [1.807, 2.05) is 6.07 Å². The van der Waals surface area contributed by atoms with Crippen LogP contribution < -0.4 is 5.73 Å².